The van der Waals surface area contributed by atoms with E-state index in [1.807, 2.05) is 13.0 Å². The number of H-pyrrole nitrogens is 2. The number of piperazine rings is 1. The highest BCUT2D eigenvalue weighted by Gasteiger charge is 2.28. The van der Waals surface area contributed by atoms with Crippen molar-refractivity contribution in [1.29, 1.82) is 0 Å². The Kier molecular flexibility index (Phi) is 6.69. The van der Waals surface area contributed by atoms with Crippen molar-refractivity contribution in [2.75, 3.05) is 26.2 Å². The molecule has 1 fully saturated rings. The van der Waals surface area contributed by atoms with E-state index < -0.39 is 15.7 Å². The summed E-state index contributed by atoms with van der Waals surface area (Å²) >= 11 is 0. The van der Waals surface area contributed by atoms with Gasteiger partial charge in [0.15, 0.2) is 0 Å². The Balaban J connectivity index is 1.26. The van der Waals surface area contributed by atoms with Gasteiger partial charge in [-0.25, -0.2) is 13.2 Å². The number of nitrogens with zero attached hydrogens (tertiary/aromatic N) is 3. The summed E-state index contributed by atoms with van der Waals surface area (Å²) in [5, 5.41) is 0. The minimum Gasteiger partial charge on any atom is -0.472 e. The summed E-state index contributed by atoms with van der Waals surface area (Å²) < 4.78 is 34.2. The molecular formula is C25H29N5O5S. The molecule has 5 rings (SSSR count). The third-order valence-electron chi connectivity index (χ3n) is 6.54. The maximum Gasteiger partial charge on any atom is 0.328 e. The monoisotopic (exact) mass is 511 g/mol. The van der Waals surface area contributed by atoms with Crippen LogP contribution < -0.4 is 11.2 Å². The largest absolute Gasteiger partial charge is 0.472 e. The minimum absolute atomic E-state index is 0.262. The quantitative estimate of drug-likeness (QED) is 0.373. The lowest BCUT2D eigenvalue weighted by Gasteiger charge is -2.33. The normalized spacial score (nSPS) is 15.6. The average Bonchev–Trinajstić information content (AvgIpc) is 3.52. The van der Waals surface area contributed by atoms with Gasteiger partial charge in [0, 0.05) is 56.9 Å². The van der Waals surface area contributed by atoms with Crippen LogP contribution in [0.15, 0.2) is 67.8 Å². The fraction of sp³-hybridized carbons (Fsp3) is 0.360. The molecule has 0 spiro atoms. The van der Waals surface area contributed by atoms with Crippen LogP contribution in [0.3, 0.4) is 0 Å². The van der Waals surface area contributed by atoms with Crippen molar-refractivity contribution >= 4 is 21.1 Å². The highest BCUT2D eigenvalue weighted by atomic mass is 32.2. The van der Waals surface area contributed by atoms with Gasteiger partial charge in [0.2, 0.25) is 10.0 Å². The number of rotatable bonds is 8. The molecule has 1 aliphatic rings. The molecule has 4 aromatic rings. The summed E-state index contributed by atoms with van der Waals surface area (Å²) in [6.07, 6.45) is 4.50. The maximum atomic E-state index is 13.2. The first kappa shape index (κ1) is 24.3. The topological polar surface area (TPSA) is 124 Å². The number of nitrogens with one attached hydrogen (secondary N) is 2. The Labute approximate surface area is 208 Å². The Bertz CT molecular complexity index is 1560. The fourth-order valence-corrected chi connectivity index (χ4v) is 6.05. The third-order valence-corrected chi connectivity index (χ3v) is 8.45. The van der Waals surface area contributed by atoms with Crippen molar-refractivity contribution < 1.29 is 12.8 Å². The van der Waals surface area contributed by atoms with Crippen LogP contribution in [0.5, 0.6) is 0 Å². The summed E-state index contributed by atoms with van der Waals surface area (Å²) in [4.78, 5) is 33.2. The van der Waals surface area contributed by atoms with Crippen molar-refractivity contribution in [1.82, 2.24) is 23.7 Å². The summed E-state index contributed by atoms with van der Waals surface area (Å²) in [5.41, 5.74) is 2.81. The van der Waals surface area contributed by atoms with E-state index in [0.29, 0.717) is 56.6 Å². The highest BCUT2D eigenvalue weighted by Crippen LogP contribution is 2.21. The summed E-state index contributed by atoms with van der Waals surface area (Å²) in [6, 6.07) is 10.5. The standard InChI is InChI=1S/C25H29N5O5S/c1-2-8-30-24(31)23-22(27-25(30)32)15-20(26-23)14-18-3-5-21(6-4-18)36(33,34)29-11-9-28(10-12-29)16-19-7-13-35-17-19/h3-7,13,15,17,26H,2,8-12,14,16H2,1H3,(H,27,32). The highest BCUT2D eigenvalue weighted by molar-refractivity contribution is 7.89. The van der Waals surface area contributed by atoms with Crippen molar-refractivity contribution in [2.24, 2.45) is 0 Å². The Hall–Kier alpha value is -3.41. The lowest BCUT2D eigenvalue weighted by atomic mass is 10.1. The summed E-state index contributed by atoms with van der Waals surface area (Å²) in [5.74, 6) is 0. The number of sulfonamides is 1. The number of hydrogen-bond acceptors (Lipinski definition) is 6. The minimum atomic E-state index is -3.58. The molecule has 190 valence electrons. The maximum absolute atomic E-state index is 13.2. The van der Waals surface area contributed by atoms with Crippen molar-refractivity contribution in [3.05, 3.63) is 86.6 Å². The molecule has 36 heavy (non-hydrogen) atoms. The number of aromatic nitrogens is 3. The van der Waals surface area contributed by atoms with E-state index in [4.69, 9.17) is 4.42 Å². The Morgan fingerprint density at radius 3 is 2.39 bits per heavy atom. The van der Waals surface area contributed by atoms with Crippen LogP contribution in [0.2, 0.25) is 0 Å². The second-order valence-corrected chi connectivity index (χ2v) is 11.0. The molecule has 0 atom stereocenters. The van der Waals surface area contributed by atoms with Gasteiger partial charge >= 0.3 is 5.69 Å². The third kappa shape index (κ3) is 4.81. The van der Waals surface area contributed by atoms with Crippen LogP contribution in [0.4, 0.5) is 0 Å². The first-order valence-electron chi connectivity index (χ1n) is 12.0. The number of furan rings is 1. The molecule has 4 heterocycles. The molecule has 0 saturated carbocycles. The van der Waals surface area contributed by atoms with E-state index in [1.165, 1.54) is 8.87 Å². The average molecular weight is 512 g/mol. The lowest BCUT2D eigenvalue weighted by molar-refractivity contribution is 0.181. The second-order valence-electron chi connectivity index (χ2n) is 9.10. The first-order valence-corrected chi connectivity index (χ1v) is 13.5. The number of benzene rings is 1. The van der Waals surface area contributed by atoms with Gasteiger partial charge in [-0.3, -0.25) is 14.3 Å². The molecule has 1 saturated heterocycles. The number of aromatic amines is 2. The zero-order valence-corrected chi connectivity index (χ0v) is 20.9. The van der Waals surface area contributed by atoms with Crippen molar-refractivity contribution in [2.45, 2.75) is 37.8 Å². The van der Waals surface area contributed by atoms with E-state index >= 15 is 0 Å². The molecule has 1 aliphatic heterocycles. The predicted molar refractivity (Wildman–Crippen MR) is 135 cm³/mol. The number of hydrogen-bond donors (Lipinski definition) is 2. The van der Waals surface area contributed by atoms with Gasteiger partial charge < -0.3 is 14.4 Å². The van der Waals surface area contributed by atoms with Crippen LogP contribution in [-0.4, -0.2) is 58.3 Å². The zero-order valence-electron chi connectivity index (χ0n) is 20.1. The van der Waals surface area contributed by atoms with Crippen LogP contribution >= 0.6 is 0 Å². The molecule has 11 heteroatoms. The molecule has 3 aromatic heterocycles. The Morgan fingerprint density at radius 2 is 1.72 bits per heavy atom. The molecule has 0 amide bonds. The SMILES string of the molecule is CCCn1c(=O)[nH]c2cc(Cc3ccc(S(=O)(=O)N4CCN(Cc5ccoc5)CC4)cc3)[nH]c2c1=O. The van der Waals surface area contributed by atoms with Gasteiger partial charge in [0.1, 0.15) is 5.52 Å². The first-order chi connectivity index (χ1) is 17.3. The zero-order chi connectivity index (χ0) is 25.3. The Morgan fingerprint density at radius 1 is 0.972 bits per heavy atom. The van der Waals surface area contributed by atoms with E-state index in [0.717, 1.165) is 23.4 Å². The lowest BCUT2D eigenvalue weighted by Crippen LogP contribution is -2.48. The fourth-order valence-electron chi connectivity index (χ4n) is 4.63. The smallest absolute Gasteiger partial charge is 0.328 e. The van der Waals surface area contributed by atoms with Gasteiger partial charge in [-0.05, 0) is 36.2 Å². The molecule has 1 aromatic carbocycles. The summed E-state index contributed by atoms with van der Waals surface area (Å²) in [6.45, 7) is 5.19. The van der Waals surface area contributed by atoms with Crippen molar-refractivity contribution in [3.63, 3.8) is 0 Å². The molecule has 2 N–H and O–H groups in total. The van der Waals surface area contributed by atoms with Crippen molar-refractivity contribution in [3.8, 4) is 0 Å². The van der Waals surface area contributed by atoms with E-state index in [-0.39, 0.29) is 10.5 Å². The number of fused-ring (bicyclic) bond motifs is 1. The summed E-state index contributed by atoms with van der Waals surface area (Å²) in [7, 11) is -3.58. The van der Waals surface area contributed by atoms with E-state index in [2.05, 4.69) is 14.9 Å². The van der Waals surface area contributed by atoms with Crippen LogP contribution in [0.25, 0.3) is 11.0 Å². The predicted octanol–water partition coefficient (Wildman–Crippen LogP) is 2.12. The molecule has 0 radical (unpaired) electrons. The van der Waals surface area contributed by atoms with Gasteiger partial charge in [-0.1, -0.05) is 19.1 Å². The second kappa shape index (κ2) is 9.92. The molecular weight excluding hydrogens is 482 g/mol. The molecule has 0 aliphatic carbocycles. The van der Waals surface area contributed by atoms with Gasteiger partial charge in [-0.2, -0.15) is 4.31 Å². The molecule has 0 bridgehead atoms. The van der Waals surface area contributed by atoms with Gasteiger partial charge in [-0.15, -0.1) is 0 Å². The van der Waals surface area contributed by atoms with E-state index in [1.54, 1.807) is 42.9 Å². The van der Waals surface area contributed by atoms with Crippen LogP contribution in [-0.2, 0) is 29.5 Å². The van der Waals surface area contributed by atoms with Gasteiger partial charge in [0.05, 0.1) is 22.9 Å². The van der Waals surface area contributed by atoms with Gasteiger partial charge in [0.25, 0.3) is 5.56 Å². The molecule has 10 nitrogen and oxygen atoms in total. The molecule has 0 unspecified atom stereocenters. The van der Waals surface area contributed by atoms with Crippen LogP contribution in [0, 0.1) is 0 Å². The van der Waals surface area contributed by atoms with Crippen LogP contribution in [0.1, 0.15) is 30.2 Å². The van der Waals surface area contributed by atoms with E-state index in [9.17, 15) is 18.0 Å².